The fraction of sp³-hybridized carbons (Fsp3) is 0.500. The molecular weight excluding hydrogens is 190 g/mol. The summed E-state index contributed by atoms with van der Waals surface area (Å²) in [6.45, 7) is 1.72. The smallest absolute Gasteiger partial charge is 0.142 e. The van der Waals surface area contributed by atoms with Crippen molar-refractivity contribution in [2.45, 2.75) is 18.8 Å². The molecule has 1 saturated heterocycles. The Hall–Kier alpha value is -1.22. The van der Waals surface area contributed by atoms with Gasteiger partial charge in [-0.15, -0.1) is 0 Å². The molecule has 0 bridgehead atoms. The lowest BCUT2D eigenvalue weighted by Crippen LogP contribution is -2.14. The Balaban J connectivity index is 2.20. The van der Waals surface area contributed by atoms with Gasteiger partial charge in [0.25, 0.3) is 0 Å². The Morgan fingerprint density at radius 3 is 2.73 bits per heavy atom. The van der Waals surface area contributed by atoms with Crippen LogP contribution in [0, 0.1) is 0 Å². The van der Waals surface area contributed by atoms with Crippen molar-refractivity contribution in [3.63, 3.8) is 0 Å². The Morgan fingerprint density at radius 1 is 1.33 bits per heavy atom. The molecule has 1 aliphatic rings. The van der Waals surface area contributed by atoms with Crippen LogP contribution in [0.1, 0.15) is 24.3 Å². The van der Waals surface area contributed by atoms with Gasteiger partial charge in [0.1, 0.15) is 5.75 Å². The van der Waals surface area contributed by atoms with E-state index in [-0.39, 0.29) is 0 Å². The number of anilines is 1. The van der Waals surface area contributed by atoms with Crippen molar-refractivity contribution in [3.05, 3.63) is 23.8 Å². The van der Waals surface area contributed by atoms with Crippen LogP contribution >= 0.6 is 0 Å². The van der Waals surface area contributed by atoms with Crippen LogP contribution in [-0.2, 0) is 4.74 Å². The molecule has 1 aromatic rings. The maximum atomic E-state index is 5.78. The number of ether oxygens (including phenoxy) is 2. The van der Waals surface area contributed by atoms with Crippen LogP contribution in [0.15, 0.2) is 18.2 Å². The minimum Gasteiger partial charge on any atom is -0.495 e. The van der Waals surface area contributed by atoms with Gasteiger partial charge < -0.3 is 15.2 Å². The molecule has 0 aliphatic carbocycles. The summed E-state index contributed by atoms with van der Waals surface area (Å²) in [6, 6.07) is 6.06. The van der Waals surface area contributed by atoms with Crippen LogP contribution in [0.25, 0.3) is 0 Å². The molecule has 2 rings (SSSR count). The summed E-state index contributed by atoms with van der Waals surface area (Å²) in [5, 5.41) is 0. The molecule has 0 radical (unpaired) electrons. The molecule has 0 spiro atoms. The van der Waals surface area contributed by atoms with Crippen LogP contribution in [-0.4, -0.2) is 20.3 Å². The van der Waals surface area contributed by atoms with Gasteiger partial charge in [-0.05, 0) is 36.5 Å². The number of nitrogens with two attached hydrogens (primary N) is 1. The number of hydrogen-bond acceptors (Lipinski definition) is 3. The number of nitrogen functional groups attached to an aromatic ring is 1. The van der Waals surface area contributed by atoms with Gasteiger partial charge in [0.05, 0.1) is 12.8 Å². The summed E-state index contributed by atoms with van der Waals surface area (Å²) in [4.78, 5) is 0. The van der Waals surface area contributed by atoms with E-state index in [4.69, 9.17) is 15.2 Å². The quantitative estimate of drug-likeness (QED) is 0.756. The Bertz CT molecular complexity index is 332. The minimum absolute atomic E-state index is 0.591. The van der Waals surface area contributed by atoms with Gasteiger partial charge in [0.2, 0.25) is 0 Å². The van der Waals surface area contributed by atoms with Crippen molar-refractivity contribution in [2.24, 2.45) is 0 Å². The summed E-state index contributed by atoms with van der Waals surface area (Å²) in [6.07, 6.45) is 2.18. The van der Waals surface area contributed by atoms with Gasteiger partial charge in [0, 0.05) is 13.2 Å². The first-order chi connectivity index (χ1) is 7.31. The molecule has 0 saturated carbocycles. The van der Waals surface area contributed by atoms with Crippen molar-refractivity contribution in [2.75, 3.05) is 26.1 Å². The lowest BCUT2D eigenvalue weighted by atomic mass is 9.91. The van der Waals surface area contributed by atoms with E-state index in [1.54, 1.807) is 7.11 Å². The molecular formula is C12H17NO2. The second-order valence-corrected chi connectivity index (χ2v) is 3.89. The first-order valence-electron chi connectivity index (χ1n) is 5.32. The topological polar surface area (TPSA) is 44.5 Å². The van der Waals surface area contributed by atoms with Gasteiger partial charge >= 0.3 is 0 Å². The summed E-state index contributed by atoms with van der Waals surface area (Å²) in [7, 11) is 1.65. The standard InChI is InChI=1S/C12H17NO2/c1-14-12-8-10(2-3-11(12)13)9-4-6-15-7-5-9/h2-3,8-9H,4-7,13H2,1H3. The highest BCUT2D eigenvalue weighted by molar-refractivity contribution is 5.54. The highest BCUT2D eigenvalue weighted by atomic mass is 16.5. The third kappa shape index (κ3) is 2.23. The Kier molecular flexibility index (Phi) is 3.11. The predicted octanol–water partition coefficient (Wildman–Crippen LogP) is 2.17. The molecule has 0 aromatic heterocycles. The fourth-order valence-electron chi connectivity index (χ4n) is 2.01. The average molecular weight is 207 g/mol. The van der Waals surface area contributed by atoms with Gasteiger partial charge in [-0.2, -0.15) is 0 Å². The van der Waals surface area contributed by atoms with E-state index in [1.165, 1.54) is 5.56 Å². The Labute approximate surface area is 90.2 Å². The lowest BCUT2D eigenvalue weighted by molar-refractivity contribution is 0.0853. The van der Waals surface area contributed by atoms with Crippen LogP contribution in [0.4, 0.5) is 5.69 Å². The van der Waals surface area contributed by atoms with E-state index in [0.29, 0.717) is 11.6 Å². The fourth-order valence-corrected chi connectivity index (χ4v) is 2.01. The van der Waals surface area contributed by atoms with Crippen molar-refractivity contribution in [3.8, 4) is 5.75 Å². The molecule has 2 N–H and O–H groups in total. The largest absolute Gasteiger partial charge is 0.495 e. The SMILES string of the molecule is COc1cc(C2CCOCC2)ccc1N. The van der Waals surface area contributed by atoms with E-state index in [1.807, 2.05) is 12.1 Å². The highest BCUT2D eigenvalue weighted by Gasteiger charge is 2.16. The summed E-state index contributed by atoms with van der Waals surface area (Å²) >= 11 is 0. The molecule has 1 heterocycles. The Morgan fingerprint density at radius 2 is 2.07 bits per heavy atom. The lowest BCUT2D eigenvalue weighted by Gasteiger charge is -2.22. The zero-order chi connectivity index (χ0) is 10.7. The molecule has 0 unspecified atom stereocenters. The van der Waals surface area contributed by atoms with E-state index in [2.05, 4.69) is 6.07 Å². The van der Waals surface area contributed by atoms with Gasteiger partial charge in [-0.1, -0.05) is 6.07 Å². The molecule has 1 aliphatic heterocycles. The third-order valence-electron chi connectivity index (χ3n) is 2.95. The molecule has 82 valence electrons. The predicted molar refractivity (Wildman–Crippen MR) is 60.2 cm³/mol. The first-order valence-corrected chi connectivity index (χ1v) is 5.32. The van der Waals surface area contributed by atoms with Gasteiger partial charge in [-0.3, -0.25) is 0 Å². The van der Waals surface area contributed by atoms with Gasteiger partial charge in [-0.25, -0.2) is 0 Å². The number of benzene rings is 1. The summed E-state index contributed by atoms with van der Waals surface area (Å²) in [5.41, 5.74) is 7.79. The maximum absolute atomic E-state index is 5.78. The molecule has 1 aromatic carbocycles. The number of methoxy groups -OCH3 is 1. The maximum Gasteiger partial charge on any atom is 0.142 e. The van der Waals surface area contributed by atoms with E-state index >= 15 is 0 Å². The number of rotatable bonds is 2. The molecule has 15 heavy (non-hydrogen) atoms. The van der Waals surface area contributed by atoms with E-state index in [9.17, 15) is 0 Å². The molecule has 3 nitrogen and oxygen atoms in total. The van der Waals surface area contributed by atoms with Crippen LogP contribution in [0.2, 0.25) is 0 Å². The minimum atomic E-state index is 0.591. The van der Waals surface area contributed by atoms with Crippen molar-refractivity contribution < 1.29 is 9.47 Å². The summed E-state index contributed by atoms with van der Waals surface area (Å²) < 4.78 is 10.6. The zero-order valence-electron chi connectivity index (χ0n) is 9.03. The highest BCUT2D eigenvalue weighted by Crippen LogP contribution is 2.31. The van der Waals surface area contributed by atoms with Gasteiger partial charge in [0.15, 0.2) is 0 Å². The second kappa shape index (κ2) is 4.53. The normalized spacial score (nSPS) is 17.7. The van der Waals surface area contributed by atoms with Crippen LogP contribution < -0.4 is 10.5 Å². The summed E-state index contributed by atoms with van der Waals surface area (Å²) in [5.74, 6) is 1.37. The second-order valence-electron chi connectivity index (χ2n) is 3.89. The molecule has 1 fully saturated rings. The number of hydrogen-bond donors (Lipinski definition) is 1. The molecule has 0 atom stereocenters. The monoisotopic (exact) mass is 207 g/mol. The van der Waals surface area contributed by atoms with Crippen molar-refractivity contribution in [1.82, 2.24) is 0 Å². The first kappa shape index (κ1) is 10.3. The van der Waals surface area contributed by atoms with Crippen molar-refractivity contribution >= 4 is 5.69 Å². The van der Waals surface area contributed by atoms with Crippen LogP contribution in [0.3, 0.4) is 0 Å². The molecule has 0 amide bonds. The van der Waals surface area contributed by atoms with E-state index in [0.717, 1.165) is 31.8 Å². The molecule has 3 heteroatoms. The van der Waals surface area contributed by atoms with Crippen LogP contribution in [0.5, 0.6) is 5.75 Å². The van der Waals surface area contributed by atoms with E-state index < -0.39 is 0 Å². The average Bonchev–Trinajstić information content (AvgIpc) is 2.31. The zero-order valence-corrected chi connectivity index (χ0v) is 9.03. The third-order valence-corrected chi connectivity index (χ3v) is 2.95. The van der Waals surface area contributed by atoms with Crippen molar-refractivity contribution in [1.29, 1.82) is 0 Å².